The molecule has 0 aromatic carbocycles. The fourth-order valence-electron chi connectivity index (χ4n) is 2.23. The summed E-state index contributed by atoms with van der Waals surface area (Å²) in [4.78, 5) is 14.3. The number of nitrogens with two attached hydrogens (primary N) is 1. The van der Waals surface area contributed by atoms with Gasteiger partial charge in [0.05, 0.1) is 11.9 Å². The second kappa shape index (κ2) is 6.56. The van der Waals surface area contributed by atoms with E-state index in [0.717, 1.165) is 6.54 Å². The fourth-order valence-corrected chi connectivity index (χ4v) is 2.23. The average Bonchev–Trinajstić information content (AvgIpc) is 2.63. The smallest absolute Gasteiger partial charge is 0.271 e. The average molecular weight is 267 g/mol. The van der Waals surface area contributed by atoms with E-state index in [1.165, 1.54) is 10.9 Å². The molecule has 0 atom stereocenters. The third kappa shape index (κ3) is 3.96. The predicted molar refractivity (Wildman–Crippen MR) is 76.9 cm³/mol. The first kappa shape index (κ1) is 15.5. The summed E-state index contributed by atoms with van der Waals surface area (Å²) in [6, 6.07) is 0.914. The van der Waals surface area contributed by atoms with Gasteiger partial charge >= 0.3 is 0 Å². The molecule has 0 aliphatic carbocycles. The number of rotatable bonds is 6. The number of carbonyl (C=O) groups excluding carboxylic acids is 1. The fraction of sp³-hybridized carbons (Fsp3) is 0.692. The lowest BCUT2D eigenvalue weighted by Crippen LogP contribution is -2.42. The first-order valence-electron chi connectivity index (χ1n) is 6.66. The van der Waals surface area contributed by atoms with E-state index >= 15 is 0 Å². The topological polar surface area (TPSA) is 76.2 Å². The van der Waals surface area contributed by atoms with Crippen LogP contribution >= 0.6 is 0 Å². The van der Waals surface area contributed by atoms with Gasteiger partial charge in [0.15, 0.2) is 0 Å². The number of hydrogen-bond donors (Lipinski definition) is 2. The van der Waals surface area contributed by atoms with Crippen LogP contribution in [0.1, 0.15) is 38.2 Å². The quantitative estimate of drug-likeness (QED) is 0.801. The van der Waals surface area contributed by atoms with Crippen LogP contribution in [-0.4, -0.2) is 45.8 Å². The van der Waals surface area contributed by atoms with Gasteiger partial charge in [-0.25, -0.2) is 0 Å². The van der Waals surface area contributed by atoms with Crippen molar-refractivity contribution < 1.29 is 4.79 Å². The van der Waals surface area contributed by atoms with Crippen molar-refractivity contribution in [2.24, 2.45) is 7.05 Å². The van der Waals surface area contributed by atoms with Gasteiger partial charge in [0.1, 0.15) is 5.69 Å². The van der Waals surface area contributed by atoms with E-state index in [1.807, 2.05) is 0 Å². The molecule has 108 valence electrons. The number of nitrogens with one attached hydrogen (secondary N) is 1. The second-order valence-corrected chi connectivity index (χ2v) is 5.25. The van der Waals surface area contributed by atoms with Crippen molar-refractivity contribution in [3.8, 4) is 0 Å². The van der Waals surface area contributed by atoms with Crippen LogP contribution in [0.25, 0.3) is 0 Å². The molecule has 0 bridgehead atoms. The molecule has 1 aromatic rings. The first-order chi connectivity index (χ1) is 8.84. The van der Waals surface area contributed by atoms with E-state index in [0.29, 0.717) is 30.0 Å². The maximum atomic E-state index is 12.0. The number of hydrogen-bond acceptors (Lipinski definition) is 4. The van der Waals surface area contributed by atoms with E-state index in [-0.39, 0.29) is 5.91 Å². The minimum Gasteiger partial charge on any atom is -0.396 e. The SMILES string of the molecule is CC(C)N(CCNC(=O)c1c(N)cnn1C)C(C)C. The Morgan fingerprint density at radius 1 is 1.42 bits per heavy atom. The Labute approximate surface area is 114 Å². The molecule has 1 aromatic heterocycles. The molecule has 6 nitrogen and oxygen atoms in total. The molecule has 0 aliphatic rings. The van der Waals surface area contributed by atoms with Crippen LogP contribution < -0.4 is 11.1 Å². The highest BCUT2D eigenvalue weighted by Crippen LogP contribution is 2.08. The Kier molecular flexibility index (Phi) is 5.35. The number of nitrogen functional groups attached to an aromatic ring is 1. The van der Waals surface area contributed by atoms with Gasteiger partial charge in [-0.05, 0) is 27.7 Å². The molecule has 0 fully saturated rings. The summed E-state index contributed by atoms with van der Waals surface area (Å²) in [5.74, 6) is -0.176. The summed E-state index contributed by atoms with van der Waals surface area (Å²) >= 11 is 0. The van der Waals surface area contributed by atoms with Crippen molar-refractivity contribution in [2.45, 2.75) is 39.8 Å². The molecular weight excluding hydrogens is 242 g/mol. The summed E-state index contributed by atoms with van der Waals surface area (Å²) in [6.07, 6.45) is 1.49. The maximum absolute atomic E-state index is 12.0. The van der Waals surface area contributed by atoms with Crippen LogP contribution in [0.5, 0.6) is 0 Å². The van der Waals surface area contributed by atoms with Gasteiger partial charge in [-0.15, -0.1) is 0 Å². The minimum atomic E-state index is -0.176. The number of amides is 1. The number of aromatic nitrogens is 2. The summed E-state index contributed by atoms with van der Waals surface area (Å²) in [6.45, 7) is 10.0. The summed E-state index contributed by atoms with van der Waals surface area (Å²) in [5.41, 5.74) is 6.54. The molecular formula is C13H25N5O. The largest absolute Gasteiger partial charge is 0.396 e. The number of anilines is 1. The second-order valence-electron chi connectivity index (χ2n) is 5.25. The van der Waals surface area contributed by atoms with Gasteiger partial charge in [0.25, 0.3) is 5.91 Å². The van der Waals surface area contributed by atoms with Gasteiger partial charge in [0.2, 0.25) is 0 Å². The van der Waals surface area contributed by atoms with E-state index in [4.69, 9.17) is 5.73 Å². The van der Waals surface area contributed by atoms with Gasteiger partial charge in [-0.2, -0.15) is 5.10 Å². The van der Waals surface area contributed by atoms with Crippen LogP contribution in [-0.2, 0) is 7.05 Å². The molecule has 0 spiro atoms. The van der Waals surface area contributed by atoms with E-state index < -0.39 is 0 Å². The summed E-state index contributed by atoms with van der Waals surface area (Å²) < 4.78 is 1.49. The molecule has 1 amide bonds. The highest BCUT2D eigenvalue weighted by Gasteiger charge is 2.16. The lowest BCUT2D eigenvalue weighted by molar-refractivity contribution is 0.0931. The molecule has 0 saturated heterocycles. The highest BCUT2D eigenvalue weighted by molar-refractivity contribution is 5.97. The molecule has 0 radical (unpaired) electrons. The molecule has 0 aliphatic heterocycles. The van der Waals surface area contributed by atoms with Crippen LogP contribution in [0.3, 0.4) is 0 Å². The zero-order chi connectivity index (χ0) is 14.6. The van der Waals surface area contributed by atoms with E-state index in [1.54, 1.807) is 7.05 Å². The highest BCUT2D eigenvalue weighted by atomic mass is 16.2. The van der Waals surface area contributed by atoms with Crippen LogP contribution in [0.2, 0.25) is 0 Å². The van der Waals surface area contributed by atoms with Gasteiger partial charge in [-0.3, -0.25) is 14.4 Å². The van der Waals surface area contributed by atoms with Crippen molar-refractivity contribution in [3.63, 3.8) is 0 Å². The molecule has 1 rings (SSSR count). The monoisotopic (exact) mass is 267 g/mol. The molecule has 0 saturated carbocycles. The number of nitrogens with zero attached hydrogens (tertiary/aromatic N) is 3. The van der Waals surface area contributed by atoms with Crippen molar-refractivity contribution in [1.29, 1.82) is 0 Å². The van der Waals surface area contributed by atoms with Crippen LogP contribution in [0.15, 0.2) is 6.20 Å². The van der Waals surface area contributed by atoms with E-state index in [9.17, 15) is 4.79 Å². The summed E-state index contributed by atoms with van der Waals surface area (Å²) in [7, 11) is 1.71. The Balaban J connectivity index is 2.52. The molecule has 19 heavy (non-hydrogen) atoms. The van der Waals surface area contributed by atoms with Crippen molar-refractivity contribution in [3.05, 3.63) is 11.9 Å². The minimum absolute atomic E-state index is 0.176. The normalized spacial score (nSPS) is 11.6. The van der Waals surface area contributed by atoms with Gasteiger partial charge in [-0.1, -0.05) is 0 Å². The number of aryl methyl sites for hydroxylation is 1. The first-order valence-corrected chi connectivity index (χ1v) is 6.66. The van der Waals surface area contributed by atoms with Crippen molar-refractivity contribution >= 4 is 11.6 Å². The van der Waals surface area contributed by atoms with Crippen LogP contribution in [0.4, 0.5) is 5.69 Å². The Bertz CT molecular complexity index is 397. The number of carbonyl (C=O) groups is 1. The third-order valence-electron chi connectivity index (χ3n) is 3.16. The molecule has 0 unspecified atom stereocenters. The Hall–Kier alpha value is -1.56. The Morgan fingerprint density at radius 3 is 2.42 bits per heavy atom. The molecule has 6 heteroatoms. The lowest BCUT2D eigenvalue weighted by Gasteiger charge is -2.30. The van der Waals surface area contributed by atoms with Crippen molar-refractivity contribution in [2.75, 3.05) is 18.8 Å². The summed E-state index contributed by atoms with van der Waals surface area (Å²) in [5, 5.41) is 6.84. The zero-order valence-corrected chi connectivity index (χ0v) is 12.5. The molecule has 3 N–H and O–H groups in total. The lowest BCUT2D eigenvalue weighted by atomic mass is 10.2. The Morgan fingerprint density at radius 2 is 2.00 bits per heavy atom. The van der Waals surface area contributed by atoms with Crippen LogP contribution in [0, 0.1) is 0 Å². The standard InChI is InChI=1S/C13H25N5O/c1-9(2)18(10(3)4)7-6-15-13(19)12-11(14)8-16-17(12)5/h8-10H,6-7,14H2,1-5H3,(H,15,19). The van der Waals surface area contributed by atoms with E-state index in [2.05, 4.69) is 43.0 Å². The maximum Gasteiger partial charge on any atom is 0.271 e. The molecule has 1 heterocycles. The third-order valence-corrected chi connectivity index (χ3v) is 3.16. The van der Waals surface area contributed by atoms with Crippen molar-refractivity contribution in [1.82, 2.24) is 20.0 Å². The van der Waals surface area contributed by atoms with Gasteiger partial charge < -0.3 is 11.1 Å². The predicted octanol–water partition coefficient (Wildman–Crippen LogP) is 0.851. The van der Waals surface area contributed by atoms with Gasteiger partial charge in [0, 0.05) is 32.2 Å². The zero-order valence-electron chi connectivity index (χ0n) is 12.5.